The van der Waals surface area contributed by atoms with Crippen molar-refractivity contribution in [1.82, 2.24) is 10.3 Å². The van der Waals surface area contributed by atoms with Gasteiger partial charge in [0.25, 0.3) is 0 Å². The molecule has 0 aliphatic carbocycles. The SMILES string of the molecule is CCN(Cc1ccoc1C(=O)NN)C(C)COC. The Bertz CT molecular complexity index is 378. The minimum atomic E-state index is -0.412. The molecule has 0 saturated heterocycles. The summed E-state index contributed by atoms with van der Waals surface area (Å²) in [6.07, 6.45) is 1.49. The number of furan rings is 1. The highest BCUT2D eigenvalue weighted by Gasteiger charge is 2.19. The third kappa shape index (κ3) is 3.56. The second-order valence-corrected chi connectivity index (χ2v) is 4.12. The molecular formula is C12H21N3O3. The van der Waals surface area contributed by atoms with Crippen LogP contribution < -0.4 is 11.3 Å². The molecule has 0 aliphatic rings. The molecule has 0 aliphatic heterocycles. The first-order valence-corrected chi connectivity index (χ1v) is 5.94. The van der Waals surface area contributed by atoms with Crippen LogP contribution in [-0.4, -0.2) is 37.1 Å². The van der Waals surface area contributed by atoms with Crippen LogP contribution in [0.4, 0.5) is 0 Å². The number of ether oxygens (including phenoxy) is 1. The lowest BCUT2D eigenvalue weighted by Gasteiger charge is -2.26. The molecule has 0 aromatic carbocycles. The highest BCUT2D eigenvalue weighted by Crippen LogP contribution is 2.15. The molecule has 0 saturated carbocycles. The maximum absolute atomic E-state index is 11.5. The zero-order chi connectivity index (χ0) is 13.5. The first kappa shape index (κ1) is 14.7. The lowest BCUT2D eigenvalue weighted by atomic mass is 10.2. The van der Waals surface area contributed by atoms with E-state index in [2.05, 4.69) is 24.2 Å². The number of nitrogens with two attached hydrogens (primary N) is 1. The molecule has 1 aromatic heterocycles. The van der Waals surface area contributed by atoms with Crippen molar-refractivity contribution in [3.8, 4) is 0 Å². The van der Waals surface area contributed by atoms with Crippen LogP contribution in [0.2, 0.25) is 0 Å². The number of nitrogens with one attached hydrogen (secondary N) is 1. The Morgan fingerprint density at radius 2 is 2.39 bits per heavy atom. The smallest absolute Gasteiger partial charge is 0.301 e. The molecule has 6 heteroatoms. The van der Waals surface area contributed by atoms with Crippen LogP contribution in [0.5, 0.6) is 0 Å². The number of nitrogens with zero attached hydrogens (tertiary/aromatic N) is 1. The molecule has 0 fully saturated rings. The van der Waals surface area contributed by atoms with Crippen molar-refractivity contribution in [2.45, 2.75) is 26.4 Å². The number of rotatable bonds is 7. The molecule has 1 rings (SSSR count). The molecule has 3 N–H and O–H groups in total. The van der Waals surface area contributed by atoms with E-state index in [4.69, 9.17) is 15.0 Å². The first-order valence-electron chi connectivity index (χ1n) is 5.94. The average Bonchev–Trinajstić information content (AvgIpc) is 2.83. The van der Waals surface area contributed by atoms with Crippen LogP contribution >= 0.6 is 0 Å². The fraction of sp³-hybridized carbons (Fsp3) is 0.583. The summed E-state index contributed by atoms with van der Waals surface area (Å²) in [4.78, 5) is 13.7. The van der Waals surface area contributed by atoms with Crippen molar-refractivity contribution in [3.63, 3.8) is 0 Å². The number of hydrogen-bond donors (Lipinski definition) is 2. The minimum Gasteiger partial charge on any atom is -0.459 e. The van der Waals surface area contributed by atoms with Gasteiger partial charge in [0.2, 0.25) is 0 Å². The average molecular weight is 255 g/mol. The summed E-state index contributed by atoms with van der Waals surface area (Å²) in [5, 5.41) is 0. The molecular weight excluding hydrogens is 234 g/mol. The van der Waals surface area contributed by atoms with E-state index < -0.39 is 5.91 Å². The summed E-state index contributed by atoms with van der Waals surface area (Å²) < 4.78 is 10.3. The van der Waals surface area contributed by atoms with E-state index in [9.17, 15) is 4.79 Å². The molecule has 6 nitrogen and oxygen atoms in total. The van der Waals surface area contributed by atoms with Gasteiger partial charge in [-0.15, -0.1) is 0 Å². The molecule has 1 atom stereocenters. The van der Waals surface area contributed by atoms with Gasteiger partial charge in [-0.3, -0.25) is 15.1 Å². The van der Waals surface area contributed by atoms with Crippen LogP contribution in [0, 0.1) is 0 Å². The van der Waals surface area contributed by atoms with E-state index in [0.29, 0.717) is 13.2 Å². The Hall–Kier alpha value is -1.37. The number of methoxy groups -OCH3 is 1. The summed E-state index contributed by atoms with van der Waals surface area (Å²) in [6, 6.07) is 2.05. The van der Waals surface area contributed by atoms with E-state index in [1.807, 2.05) is 0 Å². The summed E-state index contributed by atoms with van der Waals surface area (Å²) >= 11 is 0. The van der Waals surface area contributed by atoms with Gasteiger partial charge >= 0.3 is 5.91 Å². The fourth-order valence-electron chi connectivity index (χ4n) is 1.87. The molecule has 0 bridgehead atoms. The Balaban J connectivity index is 2.76. The van der Waals surface area contributed by atoms with E-state index >= 15 is 0 Å². The van der Waals surface area contributed by atoms with E-state index in [0.717, 1.165) is 12.1 Å². The van der Waals surface area contributed by atoms with Crippen LogP contribution in [0.25, 0.3) is 0 Å². The number of hydrazine groups is 1. The van der Waals surface area contributed by atoms with Gasteiger partial charge in [0.1, 0.15) is 0 Å². The van der Waals surface area contributed by atoms with Gasteiger partial charge in [0.05, 0.1) is 12.9 Å². The molecule has 18 heavy (non-hydrogen) atoms. The van der Waals surface area contributed by atoms with Gasteiger partial charge in [-0.25, -0.2) is 5.84 Å². The monoisotopic (exact) mass is 255 g/mol. The maximum Gasteiger partial charge on any atom is 0.301 e. The number of carbonyl (C=O) groups excluding carboxylic acids is 1. The third-order valence-electron chi connectivity index (χ3n) is 2.89. The lowest BCUT2D eigenvalue weighted by molar-refractivity contribution is 0.0904. The summed E-state index contributed by atoms with van der Waals surface area (Å²) in [7, 11) is 1.68. The van der Waals surface area contributed by atoms with Crippen LogP contribution in [0.3, 0.4) is 0 Å². The highest BCUT2D eigenvalue weighted by molar-refractivity contribution is 5.92. The van der Waals surface area contributed by atoms with Gasteiger partial charge in [-0.1, -0.05) is 6.92 Å². The predicted octanol–water partition coefficient (Wildman–Crippen LogP) is 0.740. The molecule has 1 unspecified atom stereocenters. The largest absolute Gasteiger partial charge is 0.459 e. The Morgan fingerprint density at radius 3 is 2.94 bits per heavy atom. The molecule has 1 amide bonds. The Morgan fingerprint density at radius 1 is 1.67 bits per heavy atom. The van der Waals surface area contributed by atoms with Crippen molar-refractivity contribution < 1.29 is 13.9 Å². The molecule has 0 radical (unpaired) electrons. The van der Waals surface area contributed by atoms with Gasteiger partial charge in [0.15, 0.2) is 5.76 Å². The quantitative estimate of drug-likeness (QED) is 0.427. The van der Waals surface area contributed by atoms with Gasteiger partial charge in [-0.05, 0) is 19.5 Å². The second kappa shape index (κ2) is 7.15. The van der Waals surface area contributed by atoms with Crippen molar-refractivity contribution in [3.05, 3.63) is 23.7 Å². The maximum atomic E-state index is 11.5. The van der Waals surface area contributed by atoms with E-state index in [-0.39, 0.29) is 11.8 Å². The minimum absolute atomic E-state index is 0.264. The third-order valence-corrected chi connectivity index (χ3v) is 2.89. The number of nitrogen functional groups attached to an aromatic ring is 1. The van der Waals surface area contributed by atoms with Crippen molar-refractivity contribution in [2.75, 3.05) is 20.3 Å². The zero-order valence-electron chi connectivity index (χ0n) is 11.1. The standard InChI is InChI=1S/C12H21N3O3/c1-4-15(9(2)8-17-3)7-10-5-6-18-11(10)12(16)14-13/h5-6,9H,4,7-8,13H2,1-3H3,(H,14,16). The molecule has 1 heterocycles. The van der Waals surface area contributed by atoms with Crippen molar-refractivity contribution >= 4 is 5.91 Å². The summed E-state index contributed by atoms with van der Waals surface area (Å²) in [6.45, 7) is 6.27. The zero-order valence-corrected chi connectivity index (χ0v) is 11.1. The van der Waals surface area contributed by atoms with Crippen LogP contribution in [-0.2, 0) is 11.3 Å². The van der Waals surface area contributed by atoms with Crippen molar-refractivity contribution in [1.29, 1.82) is 0 Å². The van der Waals surface area contributed by atoms with Crippen LogP contribution in [0.15, 0.2) is 16.7 Å². The van der Waals surface area contributed by atoms with Gasteiger partial charge in [-0.2, -0.15) is 0 Å². The number of likely N-dealkylation sites (N-methyl/N-ethyl adjacent to an activating group) is 1. The van der Waals surface area contributed by atoms with Crippen LogP contribution in [0.1, 0.15) is 30.0 Å². The molecule has 102 valence electrons. The highest BCUT2D eigenvalue weighted by atomic mass is 16.5. The van der Waals surface area contributed by atoms with Crippen molar-refractivity contribution in [2.24, 2.45) is 5.84 Å². The first-order chi connectivity index (χ1) is 8.63. The normalized spacial score (nSPS) is 12.7. The number of carbonyl (C=O) groups is 1. The molecule has 0 spiro atoms. The molecule has 1 aromatic rings. The van der Waals surface area contributed by atoms with E-state index in [1.165, 1.54) is 6.26 Å². The Labute approximate surface area is 107 Å². The number of amides is 1. The van der Waals surface area contributed by atoms with Gasteiger partial charge in [0, 0.05) is 25.3 Å². The fourth-order valence-corrected chi connectivity index (χ4v) is 1.87. The summed E-state index contributed by atoms with van der Waals surface area (Å²) in [5.41, 5.74) is 2.90. The summed E-state index contributed by atoms with van der Waals surface area (Å²) in [5.74, 6) is 4.96. The van der Waals surface area contributed by atoms with Gasteiger partial charge < -0.3 is 9.15 Å². The number of hydrogen-bond acceptors (Lipinski definition) is 5. The second-order valence-electron chi connectivity index (χ2n) is 4.12. The lowest BCUT2D eigenvalue weighted by Crippen LogP contribution is -2.36. The predicted molar refractivity (Wildman–Crippen MR) is 67.8 cm³/mol. The Kier molecular flexibility index (Phi) is 5.84. The topological polar surface area (TPSA) is 80.7 Å². The van der Waals surface area contributed by atoms with E-state index in [1.54, 1.807) is 13.2 Å².